The molecular weight excluding hydrogens is 156 g/mol. The van der Waals surface area contributed by atoms with Gasteiger partial charge in [-0.2, -0.15) is 0 Å². The van der Waals surface area contributed by atoms with Crippen LogP contribution in [-0.4, -0.2) is 42.8 Å². The molecule has 0 bridgehead atoms. The molecule has 1 saturated heterocycles. The Balaban J connectivity index is 2.25. The van der Waals surface area contributed by atoms with E-state index in [1.54, 1.807) is 0 Å². The van der Waals surface area contributed by atoms with Crippen molar-refractivity contribution in [1.82, 2.24) is 10.2 Å². The van der Waals surface area contributed by atoms with E-state index in [-0.39, 0.29) is 0 Å². The number of piperidine rings is 1. The molecule has 4 heteroatoms. The van der Waals surface area contributed by atoms with Crippen LogP contribution in [0.2, 0.25) is 0 Å². The molecule has 12 heavy (non-hydrogen) atoms. The molecule has 1 amide bonds. The molecule has 1 fully saturated rings. The van der Waals surface area contributed by atoms with Crippen molar-refractivity contribution >= 4 is 6.09 Å². The Kier molecular flexibility index (Phi) is 3.34. The second-order valence-electron chi connectivity index (χ2n) is 3.27. The molecule has 1 rings (SSSR count). The summed E-state index contributed by atoms with van der Waals surface area (Å²) in [4.78, 5) is 12.0. The van der Waals surface area contributed by atoms with Gasteiger partial charge in [-0.1, -0.05) is 0 Å². The average molecular weight is 172 g/mol. The van der Waals surface area contributed by atoms with Gasteiger partial charge in [0, 0.05) is 13.1 Å². The quantitative estimate of drug-likeness (QED) is 0.641. The van der Waals surface area contributed by atoms with E-state index >= 15 is 0 Å². The first-order valence-corrected chi connectivity index (χ1v) is 4.36. The Morgan fingerprint density at radius 3 is 2.58 bits per heavy atom. The van der Waals surface area contributed by atoms with Crippen molar-refractivity contribution in [2.24, 2.45) is 5.92 Å². The summed E-state index contributed by atoms with van der Waals surface area (Å²) < 4.78 is 0. The molecular formula is C8H16N2O2. The number of carbonyl (C=O) groups is 1. The van der Waals surface area contributed by atoms with E-state index in [0.717, 1.165) is 19.4 Å². The molecule has 4 nitrogen and oxygen atoms in total. The van der Waals surface area contributed by atoms with Gasteiger partial charge in [0.1, 0.15) is 0 Å². The fourth-order valence-corrected chi connectivity index (χ4v) is 1.62. The number of carboxylic acid groups (broad SMARTS) is 1. The zero-order valence-corrected chi connectivity index (χ0v) is 7.42. The average Bonchev–Trinajstić information content (AvgIpc) is 2.06. The van der Waals surface area contributed by atoms with E-state index in [0.29, 0.717) is 19.0 Å². The molecule has 0 aromatic rings. The van der Waals surface area contributed by atoms with Crippen molar-refractivity contribution in [2.75, 3.05) is 26.7 Å². The molecule has 1 heterocycles. The van der Waals surface area contributed by atoms with Gasteiger partial charge in [0.2, 0.25) is 0 Å². The molecule has 0 aromatic carbocycles. The third-order valence-corrected chi connectivity index (χ3v) is 2.38. The second kappa shape index (κ2) is 4.30. The van der Waals surface area contributed by atoms with E-state index < -0.39 is 6.09 Å². The zero-order chi connectivity index (χ0) is 8.97. The Morgan fingerprint density at radius 1 is 1.58 bits per heavy atom. The fourth-order valence-electron chi connectivity index (χ4n) is 1.62. The summed E-state index contributed by atoms with van der Waals surface area (Å²) >= 11 is 0. The lowest BCUT2D eigenvalue weighted by atomic mass is 9.97. The first-order chi connectivity index (χ1) is 5.74. The van der Waals surface area contributed by atoms with Crippen LogP contribution in [0.4, 0.5) is 4.79 Å². The van der Waals surface area contributed by atoms with Gasteiger partial charge in [0.25, 0.3) is 0 Å². The van der Waals surface area contributed by atoms with Gasteiger partial charge in [-0.3, -0.25) is 0 Å². The van der Waals surface area contributed by atoms with Crippen molar-refractivity contribution in [3.05, 3.63) is 0 Å². The van der Waals surface area contributed by atoms with Gasteiger partial charge in [-0.05, 0) is 32.4 Å². The molecule has 1 aliphatic heterocycles. The largest absolute Gasteiger partial charge is 0.465 e. The SMILES string of the molecule is CNCC1CCN(C(=O)O)CC1. The summed E-state index contributed by atoms with van der Waals surface area (Å²) in [5, 5.41) is 11.8. The van der Waals surface area contributed by atoms with Gasteiger partial charge >= 0.3 is 6.09 Å². The third kappa shape index (κ3) is 2.37. The Hall–Kier alpha value is -0.770. The van der Waals surface area contributed by atoms with Crippen LogP contribution in [0, 0.1) is 5.92 Å². The summed E-state index contributed by atoms with van der Waals surface area (Å²) in [6, 6.07) is 0. The number of nitrogens with one attached hydrogen (secondary N) is 1. The van der Waals surface area contributed by atoms with Gasteiger partial charge < -0.3 is 15.3 Å². The standard InChI is InChI=1S/C8H16N2O2/c1-9-6-7-2-4-10(5-3-7)8(11)12/h7,9H,2-6H2,1H3,(H,11,12). The lowest BCUT2D eigenvalue weighted by Crippen LogP contribution is -2.39. The first kappa shape index (κ1) is 9.32. The highest BCUT2D eigenvalue weighted by Gasteiger charge is 2.21. The van der Waals surface area contributed by atoms with Crippen LogP contribution < -0.4 is 5.32 Å². The van der Waals surface area contributed by atoms with Crippen LogP contribution in [-0.2, 0) is 0 Å². The Bertz CT molecular complexity index is 153. The van der Waals surface area contributed by atoms with Gasteiger partial charge in [-0.15, -0.1) is 0 Å². The predicted octanol–water partition coefficient (Wildman–Crippen LogP) is 0.596. The monoisotopic (exact) mass is 172 g/mol. The van der Waals surface area contributed by atoms with Crippen molar-refractivity contribution in [3.8, 4) is 0 Å². The highest BCUT2D eigenvalue weighted by molar-refractivity contribution is 5.64. The summed E-state index contributed by atoms with van der Waals surface area (Å²) in [7, 11) is 1.93. The van der Waals surface area contributed by atoms with Crippen molar-refractivity contribution < 1.29 is 9.90 Å². The summed E-state index contributed by atoms with van der Waals surface area (Å²) in [5.74, 6) is 0.658. The lowest BCUT2D eigenvalue weighted by molar-refractivity contribution is 0.124. The van der Waals surface area contributed by atoms with Gasteiger partial charge in [-0.25, -0.2) is 4.79 Å². The number of hydrogen-bond acceptors (Lipinski definition) is 2. The highest BCUT2D eigenvalue weighted by atomic mass is 16.4. The zero-order valence-electron chi connectivity index (χ0n) is 7.42. The number of likely N-dealkylation sites (tertiary alicyclic amines) is 1. The Morgan fingerprint density at radius 2 is 2.17 bits per heavy atom. The summed E-state index contributed by atoms with van der Waals surface area (Å²) in [5.41, 5.74) is 0. The molecule has 0 saturated carbocycles. The molecule has 0 aliphatic carbocycles. The topological polar surface area (TPSA) is 52.6 Å². The van der Waals surface area contributed by atoms with E-state index in [1.165, 1.54) is 4.90 Å². The number of rotatable bonds is 2. The minimum absolute atomic E-state index is 0.658. The van der Waals surface area contributed by atoms with Crippen molar-refractivity contribution in [1.29, 1.82) is 0 Å². The van der Waals surface area contributed by atoms with Crippen molar-refractivity contribution in [3.63, 3.8) is 0 Å². The van der Waals surface area contributed by atoms with Gasteiger partial charge in [0.15, 0.2) is 0 Å². The molecule has 0 unspecified atom stereocenters. The minimum atomic E-state index is -0.780. The predicted molar refractivity (Wildman–Crippen MR) is 46.2 cm³/mol. The molecule has 1 aliphatic rings. The van der Waals surface area contributed by atoms with Crippen LogP contribution in [0.15, 0.2) is 0 Å². The van der Waals surface area contributed by atoms with E-state index in [9.17, 15) is 4.79 Å². The lowest BCUT2D eigenvalue weighted by Gasteiger charge is -2.29. The Labute approximate surface area is 72.6 Å². The molecule has 0 atom stereocenters. The summed E-state index contributed by atoms with van der Waals surface area (Å²) in [6.07, 6.45) is 1.21. The van der Waals surface area contributed by atoms with Crippen LogP contribution in [0.5, 0.6) is 0 Å². The second-order valence-corrected chi connectivity index (χ2v) is 3.27. The fraction of sp³-hybridized carbons (Fsp3) is 0.875. The normalized spacial score (nSPS) is 19.6. The maximum absolute atomic E-state index is 10.5. The molecule has 0 radical (unpaired) electrons. The number of nitrogens with zero attached hydrogens (tertiary/aromatic N) is 1. The van der Waals surface area contributed by atoms with Gasteiger partial charge in [0.05, 0.1) is 0 Å². The van der Waals surface area contributed by atoms with Crippen LogP contribution in [0.3, 0.4) is 0 Å². The minimum Gasteiger partial charge on any atom is -0.465 e. The van der Waals surface area contributed by atoms with E-state index in [4.69, 9.17) is 5.11 Å². The third-order valence-electron chi connectivity index (χ3n) is 2.38. The van der Waals surface area contributed by atoms with E-state index in [2.05, 4.69) is 5.32 Å². The maximum Gasteiger partial charge on any atom is 0.407 e. The van der Waals surface area contributed by atoms with Crippen molar-refractivity contribution in [2.45, 2.75) is 12.8 Å². The summed E-state index contributed by atoms with van der Waals surface area (Å²) in [6.45, 7) is 2.40. The first-order valence-electron chi connectivity index (χ1n) is 4.36. The van der Waals surface area contributed by atoms with Crippen LogP contribution in [0.1, 0.15) is 12.8 Å². The number of amides is 1. The molecule has 0 spiro atoms. The highest BCUT2D eigenvalue weighted by Crippen LogP contribution is 2.15. The molecule has 2 N–H and O–H groups in total. The van der Waals surface area contributed by atoms with Crippen LogP contribution in [0.25, 0.3) is 0 Å². The smallest absolute Gasteiger partial charge is 0.407 e. The maximum atomic E-state index is 10.5. The molecule has 70 valence electrons. The van der Waals surface area contributed by atoms with Crippen LogP contribution >= 0.6 is 0 Å². The number of hydrogen-bond donors (Lipinski definition) is 2. The molecule has 0 aromatic heterocycles. The van der Waals surface area contributed by atoms with E-state index in [1.807, 2.05) is 7.05 Å².